The third-order valence-corrected chi connectivity index (χ3v) is 1.89. The average Bonchev–Trinajstić information content (AvgIpc) is 2.16. The van der Waals surface area contributed by atoms with Crippen molar-refractivity contribution in [3.05, 3.63) is 29.6 Å². The van der Waals surface area contributed by atoms with Gasteiger partial charge in [-0.25, -0.2) is 0 Å². The first-order valence-electron chi connectivity index (χ1n) is 4.31. The lowest BCUT2D eigenvalue weighted by molar-refractivity contribution is -0.138. The van der Waals surface area contributed by atoms with Crippen LogP contribution in [0.4, 0.5) is 13.2 Å². The average molecular weight is 234 g/mol. The number of rotatable bonds is 3. The highest BCUT2D eigenvalue weighted by molar-refractivity contribution is 5.73. The minimum absolute atomic E-state index is 0.00438. The molecule has 1 heterocycles. The zero-order valence-corrected chi connectivity index (χ0v) is 8.03. The molecule has 0 radical (unpaired) electrons. The Bertz CT molecular complexity index is 393. The van der Waals surface area contributed by atoms with Gasteiger partial charge in [0.1, 0.15) is 6.04 Å². The van der Waals surface area contributed by atoms with E-state index in [2.05, 4.69) is 4.98 Å². The van der Waals surface area contributed by atoms with Gasteiger partial charge >= 0.3 is 12.1 Å². The normalized spacial score (nSPS) is 13.5. The number of alkyl halides is 3. The fraction of sp³-hybridized carbons (Fsp3) is 0.333. The summed E-state index contributed by atoms with van der Waals surface area (Å²) < 4.78 is 36.9. The molecule has 16 heavy (non-hydrogen) atoms. The largest absolute Gasteiger partial charge is 0.480 e. The molecule has 1 aromatic rings. The predicted molar refractivity (Wildman–Crippen MR) is 48.6 cm³/mol. The van der Waals surface area contributed by atoms with E-state index in [4.69, 9.17) is 10.8 Å². The first kappa shape index (κ1) is 12.4. The molecular weight excluding hydrogens is 225 g/mol. The highest BCUT2D eigenvalue weighted by Gasteiger charge is 2.30. The molecule has 0 amide bonds. The number of hydrogen-bond acceptors (Lipinski definition) is 3. The number of pyridine rings is 1. The summed E-state index contributed by atoms with van der Waals surface area (Å²) in [5.41, 5.74) is 4.33. The molecule has 0 bridgehead atoms. The van der Waals surface area contributed by atoms with Gasteiger partial charge in [-0.2, -0.15) is 13.2 Å². The molecule has 1 atom stereocenters. The zero-order valence-electron chi connectivity index (χ0n) is 8.03. The lowest BCUT2D eigenvalue weighted by Gasteiger charge is -2.09. The number of carbonyl (C=O) groups is 1. The van der Waals surface area contributed by atoms with E-state index in [0.29, 0.717) is 0 Å². The highest BCUT2D eigenvalue weighted by Crippen LogP contribution is 2.29. The van der Waals surface area contributed by atoms with Gasteiger partial charge < -0.3 is 10.8 Å². The van der Waals surface area contributed by atoms with Crippen LogP contribution in [-0.4, -0.2) is 22.1 Å². The molecule has 0 aliphatic rings. The van der Waals surface area contributed by atoms with Gasteiger partial charge in [-0.15, -0.1) is 0 Å². The minimum atomic E-state index is -4.47. The van der Waals surface area contributed by atoms with Crippen molar-refractivity contribution >= 4 is 5.97 Å². The molecule has 0 spiro atoms. The fourth-order valence-electron chi connectivity index (χ4n) is 1.08. The lowest BCUT2D eigenvalue weighted by atomic mass is 10.1. The third kappa shape index (κ3) is 3.20. The Labute approximate surface area is 88.9 Å². The van der Waals surface area contributed by atoms with Crippen molar-refractivity contribution in [1.82, 2.24) is 4.98 Å². The Hall–Kier alpha value is -1.63. The molecule has 0 saturated heterocycles. The van der Waals surface area contributed by atoms with E-state index in [1.54, 1.807) is 0 Å². The van der Waals surface area contributed by atoms with Crippen molar-refractivity contribution in [2.45, 2.75) is 18.6 Å². The Morgan fingerprint density at radius 3 is 2.69 bits per heavy atom. The van der Waals surface area contributed by atoms with Gasteiger partial charge in [-0.05, 0) is 12.1 Å². The maximum Gasteiger partial charge on any atom is 0.416 e. The molecular formula is C9H9F3N2O2. The molecule has 0 fully saturated rings. The van der Waals surface area contributed by atoms with Crippen LogP contribution in [0.25, 0.3) is 0 Å². The summed E-state index contributed by atoms with van der Waals surface area (Å²) in [5.74, 6) is -1.28. The van der Waals surface area contributed by atoms with E-state index in [1.807, 2.05) is 0 Å². The molecule has 1 aromatic heterocycles. The van der Waals surface area contributed by atoms with E-state index in [0.717, 1.165) is 18.3 Å². The van der Waals surface area contributed by atoms with Crippen LogP contribution in [0.15, 0.2) is 18.3 Å². The molecule has 0 aromatic carbocycles. The maximum absolute atomic E-state index is 12.3. The second-order valence-electron chi connectivity index (χ2n) is 3.18. The van der Waals surface area contributed by atoms with Crippen molar-refractivity contribution in [2.75, 3.05) is 0 Å². The predicted octanol–water partition coefficient (Wildman–Crippen LogP) is 1.05. The van der Waals surface area contributed by atoms with Crippen molar-refractivity contribution in [3.63, 3.8) is 0 Å². The fourth-order valence-corrected chi connectivity index (χ4v) is 1.08. The molecule has 7 heteroatoms. The van der Waals surface area contributed by atoms with Crippen molar-refractivity contribution in [1.29, 1.82) is 0 Å². The third-order valence-electron chi connectivity index (χ3n) is 1.89. The van der Waals surface area contributed by atoms with E-state index in [9.17, 15) is 18.0 Å². The minimum Gasteiger partial charge on any atom is -0.480 e. The Morgan fingerprint density at radius 2 is 2.19 bits per heavy atom. The molecule has 0 saturated carbocycles. The number of aliphatic carboxylic acids is 1. The van der Waals surface area contributed by atoms with Crippen LogP contribution in [0, 0.1) is 0 Å². The summed E-state index contributed by atoms with van der Waals surface area (Å²) in [6.45, 7) is 0. The van der Waals surface area contributed by atoms with Crippen LogP contribution in [-0.2, 0) is 17.4 Å². The summed E-state index contributed by atoms with van der Waals surface area (Å²) in [6.07, 6.45) is -3.73. The van der Waals surface area contributed by atoms with Gasteiger partial charge in [0, 0.05) is 18.3 Å². The molecule has 88 valence electrons. The van der Waals surface area contributed by atoms with Crippen LogP contribution in [0.3, 0.4) is 0 Å². The number of carboxylic acids is 1. The first-order chi connectivity index (χ1) is 7.30. The number of nitrogens with two attached hydrogens (primary N) is 1. The summed E-state index contributed by atoms with van der Waals surface area (Å²) in [6, 6.07) is 0.356. The van der Waals surface area contributed by atoms with E-state index in [-0.39, 0.29) is 12.1 Å². The zero-order chi connectivity index (χ0) is 12.3. The highest BCUT2D eigenvalue weighted by atomic mass is 19.4. The van der Waals surface area contributed by atoms with Crippen LogP contribution in [0.1, 0.15) is 11.3 Å². The SMILES string of the molecule is NC(Cc1cc(C(F)(F)F)ccn1)C(=O)O. The van der Waals surface area contributed by atoms with Crippen molar-refractivity contribution < 1.29 is 23.1 Å². The Balaban J connectivity index is 2.87. The van der Waals surface area contributed by atoms with Crippen LogP contribution in [0.2, 0.25) is 0 Å². The first-order valence-corrected chi connectivity index (χ1v) is 4.31. The van der Waals surface area contributed by atoms with Gasteiger partial charge in [0.25, 0.3) is 0 Å². The summed E-state index contributed by atoms with van der Waals surface area (Å²) in [7, 11) is 0. The monoisotopic (exact) mass is 234 g/mol. The van der Waals surface area contributed by atoms with Crippen molar-refractivity contribution in [2.24, 2.45) is 5.73 Å². The lowest BCUT2D eigenvalue weighted by Crippen LogP contribution is -2.32. The standard InChI is InChI=1S/C9H9F3N2O2/c10-9(11,12)5-1-2-14-6(3-5)4-7(13)8(15)16/h1-3,7H,4,13H2,(H,15,16). The van der Waals surface area contributed by atoms with E-state index < -0.39 is 23.8 Å². The second-order valence-corrected chi connectivity index (χ2v) is 3.18. The molecule has 1 unspecified atom stereocenters. The molecule has 4 nitrogen and oxygen atoms in total. The Morgan fingerprint density at radius 1 is 1.56 bits per heavy atom. The van der Waals surface area contributed by atoms with E-state index >= 15 is 0 Å². The van der Waals surface area contributed by atoms with Gasteiger partial charge in [0.05, 0.1) is 5.56 Å². The second kappa shape index (κ2) is 4.48. The van der Waals surface area contributed by atoms with Crippen LogP contribution < -0.4 is 5.73 Å². The topological polar surface area (TPSA) is 76.2 Å². The van der Waals surface area contributed by atoms with Crippen LogP contribution >= 0.6 is 0 Å². The summed E-state index contributed by atoms with van der Waals surface area (Å²) >= 11 is 0. The van der Waals surface area contributed by atoms with Gasteiger partial charge in [0.2, 0.25) is 0 Å². The van der Waals surface area contributed by atoms with Gasteiger partial charge in [-0.3, -0.25) is 9.78 Å². The Kier molecular flexibility index (Phi) is 3.48. The number of carboxylic acid groups (broad SMARTS) is 1. The van der Waals surface area contributed by atoms with Crippen LogP contribution in [0.5, 0.6) is 0 Å². The van der Waals surface area contributed by atoms with Gasteiger partial charge in [-0.1, -0.05) is 0 Å². The number of nitrogens with zero attached hydrogens (tertiary/aromatic N) is 1. The van der Waals surface area contributed by atoms with Gasteiger partial charge in [0.15, 0.2) is 0 Å². The quantitative estimate of drug-likeness (QED) is 0.819. The summed E-state index contributed by atoms with van der Waals surface area (Å²) in [4.78, 5) is 14.0. The molecule has 3 N–H and O–H groups in total. The summed E-state index contributed by atoms with van der Waals surface area (Å²) in [5, 5.41) is 8.50. The number of hydrogen-bond donors (Lipinski definition) is 2. The molecule has 0 aliphatic carbocycles. The number of aromatic nitrogens is 1. The van der Waals surface area contributed by atoms with E-state index in [1.165, 1.54) is 0 Å². The number of halogens is 3. The molecule has 0 aliphatic heterocycles. The maximum atomic E-state index is 12.3. The molecule has 1 rings (SSSR count). The smallest absolute Gasteiger partial charge is 0.416 e. The van der Waals surface area contributed by atoms with Crippen molar-refractivity contribution in [3.8, 4) is 0 Å².